The Hall–Kier alpha value is -3.34. The van der Waals surface area contributed by atoms with E-state index in [-0.39, 0.29) is 5.91 Å². The van der Waals surface area contributed by atoms with Gasteiger partial charge in [-0.2, -0.15) is 0 Å². The fourth-order valence-electron chi connectivity index (χ4n) is 2.78. The Bertz CT molecular complexity index is 907. The van der Waals surface area contributed by atoms with Crippen LogP contribution in [0.1, 0.15) is 21.6 Å². The molecule has 0 aliphatic heterocycles. The molecule has 0 aliphatic carbocycles. The van der Waals surface area contributed by atoms with Crippen molar-refractivity contribution in [1.29, 1.82) is 0 Å². The molecule has 0 aliphatic rings. The van der Waals surface area contributed by atoms with Gasteiger partial charge < -0.3 is 15.4 Å². The first-order valence-electron chi connectivity index (χ1n) is 8.86. The van der Waals surface area contributed by atoms with E-state index in [1.54, 1.807) is 19.4 Å². The number of aryl methyl sites for hydroxylation is 1. The quantitative estimate of drug-likeness (QED) is 0.658. The van der Waals surface area contributed by atoms with Gasteiger partial charge in [0.25, 0.3) is 5.91 Å². The molecule has 138 valence electrons. The van der Waals surface area contributed by atoms with Crippen LogP contribution in [0.4, 0.5) is 11.4 Å². The van der Waals surface area contributed by atoms with Gasteiger partial charge in [0.1, 0.15) is 11.4 Å². The highest BCUT2D eigenvalue weighted by Gasteiger charge is 2.09. The fourth-order valence-corrected chi connectivity index (χ4v) is 2.78. The van der Waals surface area contributed by atoms with Gasteiger partial charge in [0.2, 0.25) is 0 Å². The molecule has 0 saturated heterocycles. The molecule has 27 heavy (non-hydrogen) atoms. The van der Waals surface area contributed by atoms with Crippen molar-refractivity contribution in [3.63, 3.8) is 0 Å². The Balaban J connectivity index is 1.55. The second-order valence-electron chi connectivity index (χ2n) is 6.19. The molecule has 0 atom stereocenters. The molecule has 1 amide bonds. The molecule has 2 aromatic carbocycles. The minimum Gasteiger partial charge on any atom is -0.496 e. The number of rotatable bonds is 7. The van der Waals surface area contributed by atoms with Crippen LogP contribution in [0.2, 0.25) is 0 Å². The van der Waals surface area contributed by atoms with Crippen LogP contribution < -0.4 is 15.4 Å². The van der Waals surface area contributed by atoms with E-state index in [2.05, 4.69) is 21.7 Å². The summed E-state index contributed by atoms with van der Waals surface area (Å²) in [6, 6.07) is 19.2. The highest BCUT2D eigenvalue weighted by Crippen LogP contribution is 2.18. The van der Waals surface area contributed by atoms with Crippen LogP contribution in [0.5, 0.6) is 5.75 Å². The van der Waals surface area contributed by atoms with Crippen LogP contribution in [-0.2, 0) is 6.42 Å². The highest BCUT2D eigenvalue weighted by molar-refractivity contribution is 6.03. The number of para-hydroxylation sites is 2. The minimum atomic E-state index is -0.218. The van der Waals surface area contributed by atoms with Crippen molar-refractivity contribution in [3.05, 3.63) is 83.7 Å². The zero-order chi connectivity index (χ0) is 19.1. The Morgan fingerprint density at radius 3 is 2.56 bits per heavy atom. The fraction of sp³-hybridized carbons (Fsp3) is 0.182. The molecule has 0 spiro atoms. The van der Waals surface area contributed by atoms with Gasteiger partial charge in [-0.15, -0.1) is 0 Å². The van der Waals surface area contributed by atoms with E-state index in [0.29, 0.717) is 5.69 Å². The van der Waals surface area contributed by atoms with Crippen LogP contribution in [0, 0.1) is 6.92 Å². The number of ether oxygens (including phenoxy) is 1. The summed E-state index contributed by atoms with van der Waals surface area (Å²) < 4.78 is 5.36. The van der Waals surface area contributed by atoms with E-state index in [0.717, 1.165) is 41.2 Å². The zero-order valence-corrected chi connectivity index (χ0v) is 15.5. The molecule has 0 radical (unpaired) electrons. The summed E-state index contributed by atoms with van der Waals surface area (Å²) in [5, 5.41) is 6.21. The lowest BCUT2D eigenvalue weighted by Crippen LogP contribution is -2.14. The van der Waals surface area contributed by atoms with Gasteiger partial charge in [-0.25, -0.2) is 4.98 Å². The van der Waals surface area contributed by atoms with E-state index in [1.807, 2.05) is 55.5 Å². The predicted octanol–water partition coefficient (Wildman–Crippen LogP) is 4.31. The summed E-state index contributed by atoms with van der Waals surface area (Å²) in [7, 11) is 1.68. The number of anilines is 2. The summed E-state index contributed by atoms with van der Waals surface area (Å²) in [5.74, 6) is 0.672. The molecule has 2 N–H and O–H groups in total. The molecule has 5 nitrogen and oxygen atoms in total. The average molecular weight is 361 g/mol. The second-order valence-corrected chi connectivity index (χ2v) is 6.19. The van der Waals surface area contributed by atoms with Crippen molar-refractivity contribution >= 4 is 17.3 Å². The molecule has 0 fully saturated rings. The van der Waals surface area contributed by atoms with E-state index < -0.39 is 0 Å². The standard InChI is InChI=1S/C22H23N3O2/c1-16-7-3-5-9-19(16)25-22(26)20-12-11-18(15-24-20)23-14-13-17-8-4-6-10-21(17)27-2/h3-12,15,23H,13-14H2,1-2H3,(H,25,26). The summed E-state index contributed by atoms with van der Waals surface area (Å²) >= 11 is 0. The lowest BCUT2D eigenvalue weighted by atomic mass is 10.1. The van der Waals surface area contributed by atoms with Gasteiger partial charge in [-0.1, -0.05) is 36.4 Å². The zero-order valence-electron chi connectivity index (χ0n) is 15.5. The average Bonchev–Trinajstić information content (AvgIpc) is 2.70. The summed E-state index contributed by atoms with van der Waals surface area (Å²) in [5.41, 5.74) is 4.21. The molecule has 5 heteroatoms. The first-order valence-corrected chi connectivity index (χ1v) is 8.86. The monoisotopic (exact) mass is 361 g/mol. The van der Waals surface area contributed by atoms with E-state index in [9.17, 15) is 4.79 Å². The lowest BCUT2D eigenvalue weighted by Gasteiger charge is -2.10. The smallest absolute Gasteiger partial charge is 0.274 e. The summed E-state index contributed by atoms with van der Waals surface area (Å²) in [4.78, 5) is 16.6. The van der Waals surface area contributed by atoms with E-state index in [4.69, 9.17) is 4.74 Å². The van der Waals surface area contributed by atoms with Crippen LogP contribution >= 0.6 is 0 Å². The van der Waals surface area contributed by atoms with Crippen molar-refractivity contribution in [1.82, 2.24) is 4.98 Å². The van der Waals surface area contributed by atoms with Crippen molar-refractivity contribution in [2.75, 3.05) is 24.3 Å². The van der Waals surface area contributed by atoms with Crippen LogP contribution in [0.25, 0.3) is 0 Å². The van der Waals surface area contributed by atoms with Crippen LogP contribution in [0.15, 0.2) is 66.9 Å². The molecule has 0 bridgehead atoms. The van der Waals surface area contributed by atoms with Gasteiger partial charge in [0, 0.05) is 12.2 Å². The Labute approximate surface area is 159 Å². The first-order chi connectivity index (χ1) is 13.2. The van der Waals surface area contributed by atoms with Gasteiger partial charge in [0.15, 0.2) is 0 Å². The number of carbonyl (C=O) groups is 1. The second kappa shape index (κ2) is 8.85. The Kier molecular flexibility index (Phi) is 6.05. The first kappa shape index (κ1) is 18.5. The number of methoxy groups -OCH3 is 1. The predicted molar refractivity (Wildman–Crippen MR) is 109 cm³/mol. The van der Waals surface area contributed by atoms with Gasteiger partial charge >= 0.3 is 0 Å². The van der Waals surface area contributed by atoms with Gasteiger partial charge in [0.05, 0.1) is 19.0 Å². The normalized spacial score (nSPS) is 10.3. The third-order valence-corrected chi connectivity index (χ3v) is 4.31. The highest BCUT2D eigenvalue weighted by atomic mass is 16.5. The Morgan fingerprint density at radius 1 is 1.04 bits per heavy atom. The number of pyridine rings is 1. The van der Waals surface area contributed by atoms with Crippen LogP contribution in [-0.4, -0.2) is 24.5 Å². The minimum absolute atomic E-state index is 0.218. The molecule has 1 heterocycles. The maximum atomic E-state index is 12.3. The number of nitrogens with one attached hydrogen (secondary N) is 2. The Morgan fingerprint density at radius 2 is 1.81 bits per heavy atom. The van der Waals surface area contributed by atoms with Crippen molar-refractivity contribution in [2.45, 2.75) is 13.3 Å². The molecular weight excluding hydrogens is 338 g/mol. The van der Waals surface area contributed by atoms with Crippen molar-refractivity contribution in [2.24, 2.45) is 0 Å². The molecule has 3 aromatic rings. The largest absolute Gasteiger partial charge is 0.496 e. The number of carbonyl (C=O) groups excluding carboxylic acids is 1. The van der Waals surface area contributed by atoms with Crippen LogP contribution in [0.3, 0.4) is 0 Å². The van der Waals surface area contributed by atoms with Gasteiger partial charge in [-0.3, -0.25) is 4.79 Å². The van der Waals surface area contributed by atoms with Gasteiger partial charge in [-0.05, 0) is 48.7 Å². The number of benzene rings is 2. The summed E-state index contributed by atoms with van der Waals surface area (Å²) in [6.07, 6.45) is 2.51. The SMILES string of the molecule is COc1ccccc1CCNc1ccc(C(=O)Nc2ccccc2C)nc1. The number of nitrogens with zero attached hydrogens (tertiary/aromatic N) is 1. The molecule has 0 saturated carbocycles. The lowest BCUT2D eigenvalue weighted by molar-refractivity contribution is 0.102. The number of amides is 1. The molecule has 1 aromatic heterocycles. The van der Waals surface area contributed by atoms with Crippen molar-refractivity contribution < 1.29 is 9.53 Å². The number of aromatic nitrogens is 1. The number of hydrogen-bond donors (Lipinski definition) is 2. The maximum absolute atomic E-state index is 12.3. The number of hydrogen-bond acceptors (Lipinski definition) is 4. The molecule has 0 unspecified atom stereocenters. The third-order valence-electron chi connectivity index (χ3n) is 4.31. The maximum Gasteiger partial charge on any atom is 0.274 e. The van der Waals surface area contributed by atoms with E-state index in [1.165, 1.54) is 0 Å². The topological polar surface area (TPSA) is 63.2 Å². The summed E-state index contributed by atoms with van der Waals surface area (Å²) in [6.45, 7) is 2.70. The third kappa shape index (κ3) is 4.85. The molecular formula is C22H23N3O2. The van der Waals surface area contributed by atoms with Crippen molar-refractivity contribution in [3.8, 4) is 5.75 Å². The molecule has 3 rings (SSSR count). The van der Waals surface area contributed by atoms with E-state index >= 15 is 0 Å².